The number of sulfonamides is 1. The third kappa shape index (κ3) is 5.98. The number of carbonyl (C=O) groups is 1. The molecule has 0 unspecified atom stereocenters. The van der Waals surface area contributed by atoms with Crippen molar-refractivity contribution in [1.82, 2.24) is 0 Å². The lowest BCUT2D eigenvalue weighted by molar-refractivity contribution is -0.385. The largest absolute Gasteiger partial charge is 0.326 e. The number of hydrogen-bond acceptors (Lipinski definition) is 7. The van der Waals surface area contributed by atoms with Crippen LogP contribution in [-0.4, -0.2) is 37.0 Å². The molecule has 0 radical (unpaired) electrons. The van der Waals surface area contributed by atoms with Crippen LogP contribution in [0.4, 0.5) is 22.7 Å². The third-order valence-corrected chi connectivity index (χ3v) is 5.39. The fourth-order valence-electron chi connectivity index (χ4n) is 2.70. The smallest absolute Gasteiger partial charge is 0.271 e. The summed E-state index contributed by atoms with van der Waals surface area (Å²) in [5.41, 5.74) is 0.655. The summed E-state index contributed by atoms with van der Waals surface area (Å²) in [7, 11) is -3.74. The van der Waals surface area contributed by atoms with E-state index in [1.54, 1.807) is 6.92 Å². The molecule has 2 rings (SSSR count). The zero-order valence-electron chi connectivity index (χ0n) is 16.3. The zero-order chi connectivity index (χ0) is 22.5. The van der Waals surface area contributed by atoms with Crippen molar-refractivity contribution in [2.75, 3.05) is 22.4 Å². The number of amides is 1. The minimum atomic E-state index is -3.74. The number of anilines is 2. The van der Waals surface area contributed by atoms with Gasteiger partial charge in [0.2, 0.25) is 15.9 Å². The van der Waals surface area contributed by atoms with Crippen LogP contribution in [0.2, 0.25) is 0 Å². The Morgan fingerprint density at radius 3 is 2.30 bits per heavy atom. The Labute approximate surface area is 172 Å². The number of nitro benzene ring substituents is 2. The van der Waals surface area contributed by atoms with E-state index < -0.39 is 25.8 Å². The highest BCUT2D eigenvalue weighted by Gasteiger charge is 2.20. The van der Waals surface area contributed by atoms with Crippen molar-refractivity contribution in [3.8, 4) is 0 Å². The van der Waals surface area contributed by atoms with Crippen molar-refractivity contribution in [3.05, 3.63) is 68.3 Å². The lowest BCUT2D eigenvalue weighted by Crippen LogP contribution is -2.31. The van der Waals surface area contributed by atoms with E-state index in [1.807, 2.05) is 0 Å². The second-order valence-electron chi connectivity index (χ2n) is 6.52. The highest BCUT2D eigenvalue weighted by molar-refractivity contribution is 7.92. The van der Waals surface area contributed by atoms with Gasteiger partial charge in [0.1, 0.15) is 0 Å². The first-order valence-corrected chi connectivity index (χ1v) is 10.6. The monoisotopic (exact) mass is 436 g/mol. The fraction of sp³-hybridized carbons (Fsp3) is 0.278. The van der Waals surface area contributed by atoms with Crippen LogP contribution in [0.1, 0.15) is 18.4 Å². The first-order chi connectivity index (χ1) is 14.0. The van der Waals surface area contributed by atoms with Gasteiger partial charge in [0.05, 0.1) is 27.5 Å². The van der Waals surface area contributed by atoms with E-state index in [0.717, 1.165) is 16.6 Å². The molecular formula is C18H20N4O7S. The maximum Gasteiger partial charge on any atom is 0.271 e. The summed E-state index contributed by atoms with van der Waals surface area (Å²) in [6.07, 6.45) is 1.05. The number of nitrogens with one attached hydrogen (secondary N) is 1. The summed E-state index contributed by atoms with van der Waals surface area (Å²) >= 11 is 0. The number of nitrogens with zero attached hydrogens (tertiary/aromatic N) is 3. The Kier molecular flexibility index (Phi) is 7.06. The van der Waals surface area contributed by atoms with Gasteiger partial charge in [0, 0.05) is 37.2 Å². The van der Waals surface area contributed by atoms with Gasteiger partial charge < -0.3 is 5.32 Å². The SMILES string of the molecule is Cc1ccc([N+](=O)[O-])cc1NC(=O)CCCN(c1cccc([N+](=O)[O-])c1)S(C)(=O)=O. The van der Waals surface area contributed by atoms with E-state index in [2.05, 4.69) is 5.32 Å². The predicted octanol–water partition coefficient (Wildman–Crippen LogP) is 3.00. The Bertz CT molecular complexity index is 1090. The summed E-state index contributed by atoms with van der Waals surface area (Å²) < 4.78 is 25.2. The molecule has 0 aliphatic carbocycles. The van der Waals surface area contributed by atoms with Crippen LogP contribution >= 0.6 is 0 Å². The standard InChI is InChI=1S/C18H20N4O7S/c1-13-8-9-16(22(26)27)12-17(13)19-18(23)7-4-10-20(30(2,28)29)14-5-3-6-15(11-14)21(24)25/h3,5-6,8-9,11-12H,4,7,10H2,1-2H3,(H,19,23). The lowest BCUT2D eigenvalue weighted by atomic mass is 10.1. The van der Waals surface area contributed by atoms with Gasteiger partial charge in [-0.2, -0.15) is 0 Å². The van der Waals surface area contributed by atoms with Crippen LogP contribution in [-0.2, 0) is 14.8 Å². The first kappa shape index (κ1) is 22.7. The molecule has 0 heterocycles. The number of benzene rings is 2. The van der Waals surface area contributed by atoms with E-state index in [0.29, 0.717) is 11.3 Å². The van der Waals surface area contributed by atoms with Gasteiger partial charge in [-0.05, 0) is 25.0 Å². The number of nitro groups is 2. The van der Waals surface area contributed by atoms with Crippen LogP contribution in [0.5, 0.6) is 0 Å². The Morgan fingerprint density at radius 2 is 1.70 bits per heavy atom. The second-order valence-corrected chi connectivity index (χ2v) is 8.43. The highest BCUT2D eigenvalue weighted by atomic mass is 32.2. The molecule has 0 saturated heterocycles. The number of hydrogen-bond donors (Lipinski definition) is 1. The zero-order valence-corrected chi connectivity index (χ0v) is 17.1. The van der Waals surface area contributed by atoms with Crippen molar-refractivity contribution in [2.24, 2.45) is 0 Å². The van der Waals surface area contributed by atoms with E-state index >= 15 is 0 Å². The van der Waals surface area contributed by atoms with E-state index in [1.165, 1.54) is 36.4 Å². The molecule has 0 atom stereocenters. The molecule has 0 aliphatic rings. The highest BCUT2D eigenvalue weighted by Crippen LogP contribution is 2.24. The topological polar surface area (TPSA) is 153 Å². The Balaban J connectivity index is 2.06. The summed E-state index contributed by atoms with van der Waals surface area (Å²) in [5, 5.41) is 24.4. The van der Waals surface area contributed by atoms with Gasteiger partial charge >= 0.3 is 0 Å². The van der Waals surface area contributed by atoms with Gasteiger partial charge in [-0.15, -0.1) is 0 Å². The number of rotatable bonds is 9. The maximum absolute atomic E-state index is 12.2. The van der Waals surface area contributed by atoms with Crippen molar-refractivity contribution >= 4 is 38.7 Å². The molecule has 12 heteroatoms. The third-order valence-electron chi connectivity index (χ3n) is 4.20. The maximum atomic E-state index is 12.2. The summed E-state index contributed by atoms with van der Waals surface area (Å²) in [5.74, 6) is -0.439. The molecule has 30 heavy (non-hydrogen) atoms. The minimum Gasteiger partial charge on any atom is -0.326 e. The van der Waals surface area contributed by atoms with E-state index in [9.17, 15) is 33.4 Å². The van der Waals surface area contributed by atoms with Gasteiger partial charge in [-0.3, -0.25) is 29.3 Å². The quantitative estimate of drug-likeness (QED) is 0.468. The van der Waals surface area contributed by atoms with E-state index in [-0.39, 0.29) is 36.4 Å². The molecule has 0 aromatic heterocycles. The molecule has 0 fully saturated rings. The first-order valence-electron chi connectivity index (χ1n) is 8.76. The van der Waals surface area contributed by atoms with Crippen LogP contribution < -0.4 is 9.62 Å². The molecule has 0 aliphatic heterocycles. The number of carbonyl (C=O) groups excluding carboxylic acids is 1. The van der Waals surface area contributed by atoms with Crippen molar-refractivity contribution in [1.29, 1.82) is 0 Å². The molecule has 1 amide bonds. The Hall–Kier alpha value is -3.54. The van der Waals surface area contributed by atoms with Gasteiger partial charge in [0.15, 0.2) is 0 Å². The summed E-state index contributed by atoms with van der Waals surface area (Å²) in [6, 6.07) is 9.30. The van der Waals surface area contributed by atoms with Gasteiger partial charge in [0.25, 0.3) is 11.4 Å². The molecule has 1 N–H and O–H groups in total. The molecule has 11 nitrogen and oxygen atoms in total. The molecular weight excluding hydrogens is 416 g/mol. The molecule has 2 aromatic carbocycles. The molecule has 0 spiro atoms. The Morgan fingerprint density at radius 1 is 1.07 bits per heavy atom. The minimum absolute atomic E-state index is 0.0525. The molecule has 0 saturated carbocycles. The van der Waals surface area contributed by atoms with Crippen molar-refractivity contribution in [2.45, 2.75) is 19.8 Å². The van der Waals surface area contributed by atoms with Crippen molar-refractivity contribution in [3.63, 3.8) is 0 Å². The average molecular weight is 436 g/mol. The van der Waals surface area contributed by atoms with Gasteiger partial charge in [-0.25, -0.2) is 8.42 Å². The van der Waals surface area contributed by atoms with Crippen LogP contribution in [0.25, 0.3) is 0 Å². The molecule has 0 bridgehead atoms. The average Bonchev–Trinajstić information content (AvgIpc) is 2.65. The summed E-state index contributed by atoms with van der Waals surface area (Å²) in [6.45, 7) is 1.62. The van der Waals surface area contributed by atoms with Crippen LogP contribution in [0, 0.1) is 27.2 Å². The van der Waals surface area contributed by atoms with Gasteiger partial charge in [-0.1, -0.05) is 12.1 Å². The summed E-state index contributed by atoms with van der Waals surface area (Å²) in [4.78, 5) is 32.8. The molecule has 2 aromatic rings. The van der Waals surface area contributed by atoms with Crippen molar-refractivity contribution < 1.29 is 23.1 Å². The number of aryl methyl sites for hydroxylation is 1. The van der Waals surface area contributed by atoms with Crippen LogP contribution in [0.3, 0.4) is 0 Å². The normalized spacial score (nSPS) is 11.0. The van der Waals surface area contributed by atoms with E-state index in [4.69, 9.17) is 0 Å². The molecule has 160 valence electrons. The number of non-ortho nitro benzene ring substituents is 2. The predicted molar refractivity (Wildman–Crippen MR) is 111 cm³/mol. The van der Waals surface area contributed by atoms with Crippen LogP contribution in [0.15, 0.2) is 42.5 Å². The second kappa shape index (κ2) is 9.31. The lowest BCUT2D eigenvalue weighted by Gasteiger charge is -2.22. The fourth-order valence-corrected chi connectivity index (χ4v) is 3.66.